The van der Waals surface area contributed by atoms with Crippen molar-refractivity contribution in [2.75, 3.05) is 7.11 Å². The minimum Gasteiger partial charge on any atom is -0.496 e. The molecule has 0 radical (unpaired) electrons. The van der Waals surface area contributed by atoms with Crippen LogP contribution in [0.3, 0.4) is 0 Å². The van der Waals surface area contributed by atoms with Gasteiger partial charge < -0.3 is 10.5 Å². The number of carbonyl (C=O) groups is 1. The second kappa shape index (κ2) is 4.57. The van der Waals surface area contributed by atoms with Gasteiger partial charge in [-0.05, 0) is 25.1 Å². The van der Waals surface area contributed by atoms with Crippen molar-refractivity contribution in [3.63, 3.8) is 0 Å². The fraction of sp³-hybridized carbons (Fsp3) is 0.300. The van der Waals surface area contributed by atoms with Gasteiger partial charge in [-0.25, -0.2) is 0 Å². The number of hydrogen-bond acceptors (Lipinski definition) is 3. The Balaban J connectivity index is 3.14. The van der Waals surface area contributed by atoms with Crippen molar-refractivity contribution in [3.05, 3.63) is 28.2 Å². The summed E-state index contributed by atoms with van der Waals surface area (Å²) in [6, 6.07) is 4.73. The number of ether oxygens (including phenoxy) is 1. The zero-order chi connectivity index (χ0) is 10.7. The molecule has 0 aromatic heterocycles. The van der Waals surface area contributed by atoms with Crippen LogP contribution in [0.4, 0.5) is 0 Å². The van der Waals surface area contributed by atoms with Crippen molar-refractivity contribution in [2.24, 2.45) is 5.73 Å². The van der Waals surface area contributed by atoms with Crippen LogP contribution >= 0.6 is 15.9 Å². The lowest BCUT2D eigenvalue weighted by Gasteiger charge is -2.09. The molecule has 76 valence electrons. The van der Waals surface area contributed by atoms with Gasteiger partial charge in [0.05, 0.1) is 18.7 Å². The summed E-state index contributed by atoms with van der Waals surface area (Å²) >= 11 is 3.30. The third-order valence-corrected chi connectivity index (χ3v) is 2.34. The van der Waals surface area contributed by atoms with E-state index in [2.05, 4.69) is 15.9 Å². The summed E-state index contributed by atoms with van der Waals surface area (Å²) in [5, 5.41) is 0. The Morgan fingerprint density at radius 1 is 1.57 bits per heavy atom. The highest BCUT2D eigenvalue weighted by atomic mass is 79.9. The molecule has 0 heterocycles. The van der Waals surface area contributed by atoms with E-state index in [-0.39, 0.29) is 5.78 Å². The smallest absolute Gasteiger partial charge is 0.182 e. The quantitative estimate of drug-likeness (QED) is 0.843. The normalized spacial score (nSPS) is 12.3. The number of rotatable bonds is 3. The number of nitrogens with two attached hydrogens (primary N) is 1. The van der Waals surface area contributed by atoms with E-state index in [4.69, 9.17) is 10.5 Å². The molecule has 0 bridgehead atoms. The molecule has 0 aliphatic heterocycles. The topological polar surface area (TPSA) is 52.3 Å². The summed E-state index contributed by atoms with van der Waals surface area (Å²) in [4.78, 5) is 11.6. The molecule has 4 heteroatoms. The van der Waals surface area contributed by atoms with Gasteiger partial charge in [0.15, 0.2) is 5.78 Å². The molecule has 1 unspecified atom stereocenters. The van der Waals surface area contributed by atoms with Crippen molar-refractivity contribution < 1.29 is 9.53 Å². The van der Waals surface area contributed by atoms with Crippen molar-refractivity contribution in [3.8, 4) is 5.75 Å². The monoisotopic (exact) mass is 257 g/mol. The Bertz CT molecular complexity index is 350. The maximum absolute atomic E-state index is 11.6. The number of benzene rings is 1. The largest absolute Gasteiger partial charge is 0.496 e. The van der Waals surface area contributed by atoms with Crippen LogP contribution in [-0.4, -0.2) is 18.9 Å². The summed E-state index contributed by atoms with van der Waals surface area (Å²) in [6.07, 6.45) is 0. The second-order valence-electron chi connectivity index (χ2n) is 3.00. The maximum atomic E-state index is 11.6. The van der Waals surface area contributed by atoms with Crippen molar-refractivity contribution >= 4 is 21.7 Å². The summed E-state index contributed by atoms with van der Waals surface area (Å²) in [5.41, 5.74) is 6.03. The van der Waals surface area contributed by atoms with Gasteiger partial charge >= 0.3 is 0 Å². The number of Topliss-reactive ketones (excluding diaryl/α,β-unsaturated/α-hetero) is 1. The molecule has 0 spiro atoms. The Hall–Kier alpha value is -0.870. The highest BCUT2D eigenvalue weighted by Gasteiger charge is 2.15. The van der Waals surface area contributed by atoms with Gasteiger partial charge in [0, 0.05) is 4.47 Å². The molecule has 3 nitrogen and oxygen atoms in total. The van der Waals surface area contributed by atoms with Gasteiger partial charge in [-0.15, -0.1) is 0 Å². The van der Waals surface area contributed by atoms with Gasteiger partial charge in [0.1, 0.15) is 5.75 Å². The van der Waals surface area contributed by atoms with Crippen LogP contribution in [-0.2, 0) is 0 Å². The Morgan fingerprint density at radius 3 is 2.71 bits per heavy atom. The summed E-state index contributed by atoms with van der Waals surface area (Å²) in [7, 11) is 1.53. The van der Waals surface area contributed by atoms with Crippen LogP contribution < -0.4 is 10.5 Å². The molecule has 1 aromatic carbocycles. The first kappa shape index (κ1) is 11.2. The van der Waals surface area contributed by atoms with Gasteiger partial charge in [-0.2, -0.15) is 0 Å². The van der Waals surface area contributed by atoms with Crippen LogP contribution in [0.2, 0.25) is 0 Å². The van der Waals surface area contributed by atoms with E-state index in [9.17, 15) is 4.79 Å². The molecule has 0 saturated carbocycles. The van der Waals surface area contributed by atoms with E-state index >= 15 is 0 Å². The SMILES string of the molecule is COc1cc(Br)ccc1C(=O)C(C)N. The highest BCUT2D eigenvalue weighted by molar-refractivity contribution is 9.10. The van der Waals surface area contributed by atoms with Crippen LogP contribution in [0.15, 0.2) is 22.7 Å². The van der Waals surface area contributed by atoms with E-state index < -0.39 is 6.04 Å². The first-order chi connectivity index (χ1) is 6.56. The average molecular weight is 258 g/mol. The summed E-state index contributed by atoms with van der Waals surface area (Å²) in [5.74, 6) is 0.427. The molecule has 0 fully saturated rings. The van der Waals surface area contributed by atoms with Crippen molar-refractivity contribution in [2.45, 2.75) is 13.0 Å². The summed E-state index contributed by atoms with van der Waals surface area (Å²) in [6.45, 7) is 1.66. The van der Waals surface area contributed by atoms with E-state index in [1.54, 1.807) is 25.1 Å². The molecule has 1 rings (SSSR count). The minimum absolute atomic E-state index is 0.116. The van der Waals surface area contributed by atoms with Gasteiger partial charge in [-0.3, -0.25) is 4.79 Å². The predicted molar refractivity (Wildman–Crippen MR) is 58.7 cm³/mol. The molecule has 1 aromatic rings. The number of methoxy groups -OCH3 is 1. The average Bonchev–Trinajstić information content (AvgIpc) is 2.16. The first-order valence-corrected chi connectivity index (χ1v) is 4.99. The van der Waals surface area contributed by atoms with Crippen LogP contribution in [0, 0.1) is 0 Å². The highest BCUT2D eigenvalue weighted by Crippen LogP contribution is 2.24. The zero-order valence-corrected chi connectivity index (χ0v) is 9.67. The zero-order valence-electron chi connectivity index (χ0n) is 8.08. The fourth-order valence-corrected chi connectivity index (χ4v) is 1.45. The molecule has 2 N–H and O–H groups in total. The van der Waals surface area contributed by atoms with Gasteiger partial charge in [0.25, 0.3) is 0 Å². The number of ketones is 1. The van der Waals surface area contributed by atoms with Gasteiger partial charge in [0.2, 0.25) is 0 Å². The number of hydrogen-bond donors (Lipinski definition) is 1. The van der Waals surface area contributed by atoms with E-state index in [1.807, 2.05) is 0 Å². The molecule has 0 amide bonds. The minimum atomic E-state index is -0.509. The fourth-order valence-electron chi connectivity index (χ4n) is 1.11. The van der Waals surface area contributed by atoms with E-state index in [1.165, 1.54) is 7.11 Å². The lowest BCUT2D eigenvalue weighted by molar-refractivity contribution is 0.0965. The van der Waals surface area contributed by atoms with Crippen molar-refractivity contribution in [1.82, 2.24) is 0 Å². The Labute approximate surface area is 91.4 Å². The van der Waals surface area contributed by atoms with Crippen molar-refractivity contribution in [1.29, 1.82) is 0 Å². The van der Waals surface area contributed by atoms with Crippen LogP contribution in [0.1, 0.15) is 17.3 Å². The Morgan fingerprint density at radius 2 is 2.21 bits per heavy atom. The van der Waals surface area contributed by atoms with E-state index in [0.29, 0.717) is 11.3 Å². The standard InChI is InChI=1S/C10H12BrNO2/c1-6(12)10(13)8-4-3-7(11)5-9(8)14-2/h3-6H,12H2,1-2H3. The lowest BCUT2D eigenvalue weighted by atomic mass is 10.1. The van der Waals surface area contributed by atoms with Crippen LogP contribution in [0.5, 0.6) is 5.75 Å². The Kier molecular flexibility index (Phi) is 3.66. The molecular formula is C10H12BrNO2. The molecular weight excluding hydrogens is 246 g/mol. The summed E-state index contributed by atoms with van der Waals surface area (Å²) < 4.78 is 5.96. The molecule has 0 aliphatic carbocycles. The lowest BCUT2D eigenvalue weighted by Crippen LogP contribution is -2.26. The maximum Gasteiger partial charge on any atom is 0.182 e. The second-order valence-corrected chi connectivity index (χ2v) is 3.91. The third kappa shape index (κ3) is 2.33. The predicted octanol–water partition coefficient (Wildman–Crippen LogP) is 1.99. The number of carbonyl (C=O) groups excluding carboxylic acids is 1. The molecule has 0 saturated heterocycles. The number of halogens is 1. The molecule has 0 aliphatic rings. The first-order valence-electron chi connectivity index (χ1n) is 4.19. The van der Waals surface area contributed by atoms with Crippen LogP contribution in [0.25, 0.3) is 0 Å². The van der Waals surface area contributed by atoms with E-state index in [0.717, 1.165) is 4.47 Å². The van der Waals surface area contributed by atoms with Gasteiger partial charge in [-0.1, -0.05) is 15.9 Å². The third-order valence-electron chi connectivity index (χ3n) is 1.84. The molecule has 1 atom stereocenters. The molecule has 14 heavy (non-hydrogen) atoms.